The largest absolute Gasteiger partial charge is 0.451 e. The topological polar surface area (TPSA) is 86.7 Å². The molecule has 0 radical (unpaired) electrons. The van der Waals surface area contributed by atoms with Crippen LogP contribution in [0, 0.1) is 0 Å². The van der Waals surface area contributed by atoms with Gasteiger partial charge in [0.2, 0.25) is 11.6 Å². The van der Waals surface area contributed by atoms with Crippen LogP contribution < -0.4 is 0 Å². The fraction of sp³-hybridized carbons (Fsp3) is 0.500. The molecule has 6 atom stereocenters. The number of rotatable bonds is 20. The number of carbonyl (C=O) groups excluding carboxylic acids is 4. The van der Waals surface area contributed by atoms with Gasteiger partial charge >= 0.3 is 11.9 Å². The molecule has 58 heavy (non-hydrogen) atoms. The van der Waals surface area contributed by atoms with Gasteiger partial charge in [0.05, 0.1) is 0 Å². The number of esters is 2. The van der Waals surface area contributed by atoms with Crippen molar-refractivity contribution in [3.63, 3.8) is 0 Å². The average Bonchev–Trinajstić information content (AvgIpc) is 3.98. The molecular weight excluding hydrogens is 801 g/mol. The highest BCUT2D eigenvalue weighted by Gasteiger charge is 2.49. The standard InChI is InChI=1S/C48H56O6S4/c1-5-7-9-11-13-31-15-19-33(20-16-31)23-37(53-47(51)29(3)49)41-27-43-45(57-41)35-25-40-36(26-39(35)55-43)46-44(56-40)28-42(58-46)38(54-48(52)30(4)50)24-34-21-17-32(18-22-34)14-12-10-8-6-2/h15-22,27-28,35-40H,5-14,23-26H2,1-4H3. The van der Waals surface area contributed by atoms with Crippen molar-refractivity contribution in [3.8, 4) is 0 Å². The summed E-state index contributed by atoms with van der Waals surface area (Å²) in [5.41, 5.74) is 4.84. The molecule has 0 N–H and O–H groups in total. The first-order valence-electron chi connectivity index (χ1n) is 21.3. The first-order valence-corrected chi connectivity index (χ1v) is 24.7. The molecule has 4 aromatic rings. The number of aryl methyl sites for hydroxylation is 2. The third-order valence-electron chi connectivity index (χ3n) is 11.8. The van der Waals surface area contributed by atoms with Crippen LogP contribution in [0.1, 0.15) is 158 Å². The number of carbonyl (C=O) groups is 4. The van der Waals surface area contributed by atoms with E-state index in [0.717, 1.165) is 46.6 Å². The zero-order chi connectivity index (χ0) is 40.8. The second kappa shape index (κ2) is 19.9. The molecule has 1 aliphatic carbocycles. The van der Waals surface area contributed by atoms with Gasteiger partial charge in [-0.25, -0.2) is 9.59 Å². The fourth-order valence-corrected chi connectivity index (χ4v) is 15.0. The van der Waals surface area contributed by atoms with Crippen LogP contribution in [0.3, 0.4) is 0 Å². The lowest BCUT2D eigenvalue weighted by Crippen LogP contribution is -2.28. The molecule has 2 aromatic carbocycles. The molecule has 0 bridgehead atoms. The number of hydrogen-bond acceptors (Lipinski definition) is 10. The Hall–Kier alpha value is -3.18. The van der Waals surface area contributed by atoms with E-state index in [1.807, 2.05) is 23.5 Å². The molecule has 0 spiro atoms. The number of ether oxygens (including phenoxy) is 2. The van der Waals surface area contributed by atoms with Gasteiger partial charge in [-0.2, -0.15) is 0 Å². The SMILES string of the molecule is CCCCCCc1ccc(CC(OC(=O)C(C)=O)c2cc3c(s2)C2CC4Sc5cc(C(Cc6ccc(CCCCCC)cc6)OC(=O)C(C)=O)sc5C4CC2S3)cc1. The van der Waals surface area contributed by atoms with Crippen LogP contribution in [0.2, 0.25) is 0 Å². The minimum Gasteiger partial charge on any atom is -0.451 e. The van der Waals surface area contributed by atoms with Crippen molar-refractivity contribution in [2.75, 3.05) is 0 Å². The molecule has 6 nitrogen and oxygen atoms in total. The summed E-state index contributed by atoms with van der Waals surface area (Å²) >= 11 is 7.42. The van der Waals surface area contributed by atoms with Crippen LogP contribution in [0.4, 0.5) is 0 Å². The second-order valence-electron chi connectivity index (χ2n) is 16.3. The Kier molecular flexibility index (Phi) is 14.7. The quantitative estimate of drug-likeness (QED) is 0.0493. The summed E-state index contributed by atoms with van der Waals surface area (Å²) in [4.78, 5) is 56.7. The number of fused-ring (bicyclic) bond motifs is 6. The molecule has 7 rings (SSSR count). The zero-order valence-electron chi connectivity index (χ0n) is 34.2. The van der Waals surface area contributed by atoms with Gasteiger partial charge in [0, 0.05) is 78.3 Å². The van der Waals surface area contributed by atoms with Crippen molar-refractivity contribution in [3.05, 3.63) is 102 Å². The summed E-state index contributed by atoms with van der Waals surface area (Å²) in [6.45, 7) is 7.00. The third-order valence-corrected chi connectivity index (χ3v) is 17.6. The van der Waals surface area contributed by atoms with Gasteiger partial charge in [-0.15, -0.1) is 46.2 Å². The Morgan fingerprint density at radius 2 is 0.948 bits per heavy atom. The Morgan fingerprint density at radius 1 is 0.569 bits per heavy atom. The molecule has 2 aliphatic heterocycles. The lowest BCUT2D eigenvalue weighted by molar-refractivity contribution is -0.157. The molecular formula is C48H56O6S4. The monoisotopic (exact) mass is 856 g/mol. The molecule has 1 fully saturated rings. The summed E-state index contributed by atoms with van der Waals surface area (Å²) in [5, 5.41) is 0.923. The highest BCUT2D eigenvalue weighted by atomic mass is 32.2. The van der Waals surface area contributed by atoms with Gasteiger partial charge in [0.15, 0.2) is 0 Å². The van der Waals surface area contributed by atoms with E-state index in [4.69, 9.17) is 9.47 Å². The van der Waals surface area contributed by atoms with Gasteiger partial charge in [-0.1, -0.05) is 101 Å². The van der Waals surface area contributed by atoms with Gasteiger partial charge in [0.25, 0.3) is 0 Å². The molecule has 308 valence electrons. The van der Waals surface area contributed by atoms with Crippen molar-refractivity contribution in [1.29, 1.82) is 0 Å². The Balaban J connectivity index is 1.02. The highest BCUT2D eigenvalue weighted by Crippen LogP contribution is 2.64. The minimum absolute atomic E-state index is 0.427. The fourth-order valence-electron chi connectivity index (χ4n) is 8.55. The Labute approximate surface area is 360 Å². The molecule has 6 unspecified atom stereocenters. The van der Waals surface area contributed by atoms with Crippen molar-refractivity contribution in [2.45, 2.75) is 162 Å². The van der Waals surface area contributed by atoms with Crippen molar-refractivity contribution < 1.29 is 28.7 Å². The van der Waals surface area contributed by atoms with Crippen LogP contribution in [0.15, 0.2) is 70.5 Å². The van der Waals surface area contributed by atoms with Crippen molar-refractivity contribution in [1.82, 2.24) is 0 Å². The molecule has 2 aromatic heterocycles. The van der Waals surface area contributed by atoms with E-state index in [0.29, 0.717) is 35.2 Å². The average molecular weight is 857 g/mol. The predicted octanol–water partition coefficient (Wildman–Crippen LogP) is 12.5. The minimum atomic E-state index is -0.783. The summed E-state index contributed by atoms with van der Waals surface area (Å²) in [6, 6.07) is 21.7. The molecule has 4 heterocycles. The lowest BCUT2D eigenvalue weighted by Gasteiger charge is -2.34. The van der Waals surface area contributed by atoms with Gasteiger partial charge in [0.1, 0.15) is 12.2 Å². The van der Waals surface area contributed by atoms with E-state index >= 15 is 0 Å². The highest BCUT2D eigenvalue weighted by molar-refractivity contribution is 8.01. The number of unbranched alkanes of at least 4 members (excludes halogenated alkanes) is 6. The first-order chi connectivity index (χ1) is 28.1. The molecule has 0 saturated heterocycles. The number of ketones is 2. The Morgan fingerprint density at radius 3 is 1.31 bits per heavy atom. The molecule has 1 saturated carbocycles. The van der Waals surface area contributed by atoms with E-state index in [-0.39, 0.29) is 0 Å². The smallest absolute Gasteiger partial charge is 0.374 e. The van der Waals surface area contributed by atoms with Crippen LogP contribution >= 0.6 is 46.2 Å². The van der Waals surface area contributed by atoms with Gasteiger partial charge in [-0.05, 0) is 72.9 Å². The second-order valence-corrected chi connectivity index (χ2v) is 21.1. The summed E-state index contributed by atoms with van der Waals surface area (Å²) in [5.74, 6) is -1.87. The van der Waals surface area contributed by atoms with Crippen LogP contribution in [-0.4, -0.2) is 34.0 Å². The predicted molar refractivity (Wildman–Crippen MR) is 238 cm³/mol. The maximum absolute atomic E-state index is 12.6. The van der Waals surface area contributed by atoms with E-state index in [2.05, 4.69) is 74.5 Å². The van der Waals surface area contributed by atoms with E-state index in [9.17, 15) is 19.2 Å². The molecule has 3 aliphatic rings. The van der Waals surface area contributed by atoms with E-state index < -0.39 is 35.7 Å². The number of Topliss-reactive ketones (excluding diaryl/α,β-unsaturated/α-hetero) is 2. The van der Waals surface area contributed by atoms with Crippen LogP contribution in [0.25, 0.3) is 0 Å². The summed E-state index contributed by atoms with van der Waals surface area (Å²) in [7, 11) is 0. The van der Waals surface area contributed by atoms with Crippen molar-refractivity contribution >= 4 is 69.7 Å². The van der Waals surface area contributed by atoms with Crippen molar-refractivity contribution in [2.24, 2.45) is 0 Å². The number of thioether (sulfide) groups is 2. The number of hydrogen-bond donors (Lipinski definition) is 0. The molecule has 0 amide bonds. The van der Waals surface area contributed by atoms with E-state index in [1.165, 1.54) is 95.9 Å². The maximum atomic E-state index is 12.6. The number of benzene rings is 2. The maximum Gasteiger partial charge on any atom is 0.374 e. The number of thiophene rings is 2. The molecule has 10 heteroatoms. The summed E-state index contributed by atoms with van der Waals surface area (Å²) in [6.07, 6.45) is 14.2. The normalized spacial score (nSPS) is 20.1. The zero-order valence-corrected chi connectivity index (χ0v) is 37.5. The van der Waals surface area contributed by atoms with Crippen LogP contribution in [0.5, 0.6) is 0 Å². The van der Waals surface area contributed by atoms with E-state index in [1.54, 1.807) is 22.7 Å². The van der Waals surface area contributed by atoms with Gasteiger partial charge < -0.3 is 9.47 Å². The summed E-state index contributed by atoms with van der Waals surface area (Å²) < 4.78 is 11.8. The lowest BCUT2D eigenvalue weighted by atomic mass is 9.80. The third kappa shape index (κ3) is 10.4. The van der Waals surface area contributed by atoms with Crippen LogP contribution in [-0.2, 0) is 54.3 Å². The first kappa shape index (κ1) is 42.9. The Bertz CT molecular complexity index is 1920. The van der Waals surface area contributed by atoms with Gasteiger partial charge in [-0.3, -0.25) is 9.59 Å².